The number of nitrogens with one attached hydrogen (secondary N) is 1. The highest BCUT2D eigenvalue weighted by atomic mass is 35.5. The quantitative estimate of drug-likeness (QED) is 0.781. The zero-order valence-corrected chi connectivity index (χ0v) is 14.8. The van der Waals surface area contributed by atoms with Gasteiger partial charge in [-0.2, -0.15) is 5.10 Å². The predicted molar refractivity (Wildman–Crippen MR) is 101 cm³/mol. The molecule has 1 fully saturated rings. The van der Waals surface area contributed by atoms with E-state index in [1.54, 1.807) is 0 Å². The maximum Gasteiger partial charge on any atom is 0.0645 e. The third-order valence-electron chi connectivity index (χ3n) is 4.47. The van der Waals surface area contributed by atoms with Gasteiger partial charge in [0.05, 0.1) is 11.9 Å². The maximum absolute atomic E-state index is 4.51. The van der Waals surface area contributed by atoms with Crippen LogP contribution in [0.3, 0.4) is 0 Å². The number of piperazine rings is 1. The van der Waals surface area contributed by atoms with E-state index in [1.165, 1.54) is 11.1 Å². The molecule has 1 aliphatic rings. The smallest absolute Gasteiger partial charge is 0.0645 e. The molecule has 1 aromatic carbocycles. The Balaban J connectivity index is 0.00000182. The summed E-state index contributed by atoms with van der Waals surface area (Å²) in [5, 5.41) is 8.00. The van der Waals surface area contributed by atoms with Crippen LogP contribution >= 0.6 is 12.4 Å². The summed E-state index contributed by atoms with van der Waals surface area (Å²) in [4.78, 5) is 6.77. The molecule has 0 spiro atoms. The molecule has 130 valence electrons. The Kier molecular flexibility index (Phi) is 5.81. The van der Waals surface area contributed by atoms with Crippen LogP contribution in [0.2, 0.25) is 0 Å². The number of hydrogen-bond donors (Lipinski definition) is 1. The van der Waals surface area contributed by atoms with Gasteiger partial charge in [0.15, 0.2) is 0 Å². The summed E-state index contributed by atoms with van der Waals surface area (Å²) in [5.41, 5.74) is 3.59. The van der Waals surface area contributed by atoms with Crippen molar-refractivity contribution in [2.45, 2.75) is 12.6 Å². The van der Waals surface area contributed by atoms with Crippen LogP contribution < -0.4 is 5.32 Å². The number of aromatic nitrogens is 3. The number of pyridine rings is 1. The highest BCUT2D eigenvalue weighted by Gasteiger charge is 2.24. The summed E-state index contributed by atoms with van der Waals surface area (Å²) in [5.74, 6) is 0. The Bertz CT molecular complexity index is 775. The molecule has 25 heavy (non-hydrogen) atoms. The average Bonchev–Trinajstić information content (AvgIpc) is 3.12. The molecule has 0 amide bonds. The Morgan fingerprint density at radius 2 is 1.96 bits per heavy atom. The number of rotatable bonds is 4. The summed E-state index contributed by atoms with van der Waals surface area (Å²) >= 11 is 0. The summed E-state index contributed by atoms with van der Waals surface area (Å²) in [6, 6.07) is 14.7. The summed E-state index contributed by atoms with van der Waals surface area (Å²) in [6.45, 7) is 3.90. The van der Waals surface area contributed by atoms with Crippen molar-refractivity contribution in [3.8, 4) is 5.69 Å². The van der Waals surface area contributed by atoms with Crippen molar-refractivity contribution in [3.05, 3.63) is 78.4 Å². The van der Waals surface area contributed by atoms with Crippen LogP contribution in [0, 0.1) is 0 Å². The van der Waals surface area contributed by atoms with Gasteiger partial charge in [0, 0.05) is 56.4 Å². The summed E-state index contributed by atoms with van der Waals surface area (Å²) < 4.78 is 1.94. The number of nitrogens with zero attached hydrogens (tertiary/aromatic N) is 4. The normalized spacial score (nSPS) is 17.8. The maximum atomic E-state index is 4.51. The van der Waals surface area contributed by atoms with E-state index in [2.05, 4.69) is 44.7 Å². The number of halogens is 1. The number of benzene rings is 1. The summed E-state index contributed by atoms with van der Waals surface area (Å²) in [7, 11) is 0. The first-order chi connectivity index (χ1) is 11.9. The van der Waals surface area contributed by atoms with Gasteiger partial charge in [-0.15, -0.1) is 12.4 Å². The molecule has 0 bridgehead atoms. The highest BCUT2D eigenvalue weighted by molar-refractivity contribution is 5.85. The van der Waals surface area contributed by atoms with Crippen molar-refractivity contribution in [3.63, 3.8) is 0 Å². The fourth-order valence-corrected chi connectivity index (χ4v) is 3.24. The Labute approximate surface area is 154 Å². The van der Waals surface area contributed by atoms with E-state index in [-0.39, 0.29) is 12.4 Å². The fraction of sp³-hybridized carbons (Fsp3) is 0.263. The lowest BCUT2D eigenvalue weighted by molar-refractivity contribution is 0.153. The lowest BCUT2D eigenvalue weighted by atomic mass is 10.0. The topological polar surface area (TPSA) is 46.0 Å². The molecular formula is C19H22ClN5. The van der Waals surface area contributed by atoms with Crippen LogP contribution in [-0.2, 0) is 6.54 Å². The monoisotopic (exact) mass is 355 g/mol. The first-order valence-corrected chi connectivity index (χ1v) is 8.34. The molecule has 2 aromatic heterocycles. The molecule has 4 rings (SSSR count). The van der Waals surface area contributed by atoms with Crippen molar-refractivity contribution < 1.29 is 0 Å². The second-order valence-electron chi connectivity index (χ2n) is 6.11. The molecule has 3 heterocycles. The molecule has 5 nitrogen and oxygen atoms in total. The average molecular weight is 356 g/mol. The van der Waals surface area contributed by atoms with Gasteiger partial charge in [-0.25, -0.2) is 4.68 Å². The molecule has 0 saturated carbocycles. The molecule has 1 N–H and O–H groups in total. The Morgan fingerprint density at radius 3 is 2.76 bits per heavy atom. The second kappa shape index (κ2) is 8.25. The number of para-hydroxylation sites is 1. The van der Waals surface area contributed by atoms with Crippen molar-refractivity contribution in [1.29, 1.82) is 0 Å². The summed E-state index contributed by atoms with van der Waals surface area (Å²) in [6.07, 6.45) is 7.89. The molecule has 6 heteroatoms. The van der Waals surface area contributed by atoms with E-state index < -0.39 is 0 Å². The highest BCUT2D eigenvalue weighted by Crippen LogP contribution is 2.23. The minimum Gasteiger partial charge on any atom is -0.314 e. The van der Waals surface area contributed by atoms with Crippen LogP contribution in [0.15, 0.2) is 67.3 Å². The molecule has 0 radical (unpaired) electrons. The van der Waals surface area contributed by atoms with E-state index in [4.69, 9.17) is 0 Å². The van der Waals surface area contributed by atoms with Gasteiger partial charge in [-0.1, -0.05) is 24.3 Å². The number of hydrogen-bond acceptors (Lipinski definition) is 4. The van der Waals surface area contributed by atoms with Crippen LogP contribution in [0.25, 0.3) is 5.69 Å². The molecule has 1 saturated heterocycles. The standard InChI is InChI=1S/C19H21N5.ClH/c1-2-6-18(7-3-1)24-15-16(11-22-24)14-23-10-9-21-13-19(23)17-5-4-8-20-12-17;/h1-8,11-12,15,19,21H,9-10,13-14H2;1H. The van der Waals surface area contributed by atoms with Crippen molar-refractivity contribution >= 4 is 12.4 Å². The largest absolute Gasteiger partial charge is 0.314 e. The van der Waals surface area contributed by atoms with Crippen LogP contribution in [0.4, 0.5) is 0 Å². The molecule has 1 atom stereocenters. The van der Waals surface area contributed by atoms with Crippen LogP contribution in [0.1, 0.15) is 17.2 Å². The molecule has 1 unspecified atom stereocenters. The van der Waals surface area contributed by atoms with Crippen molar-refractivity contribution in [2.24, 2.45) is 0 Å². The molecule has 3 aromatic rings. The van der Waals surface area contributed by atoms with E-state index in [0.717, 1.165) is 31.9 Å². The van der Waals surface area contributed by atoms with E-state index in [1.807, 2.05) is 47.5 Å². The SMILES string of the molecule is Cl.c1ccc(-n2cc(CN3CCNCC3c3cccnc3)cn2)cc1. The zero-order chi connectivity index (χ0) is 16.2. The fourth-order valence-electron chi connectivity index (χ4n) is 3.24. The van der Waals surface area contributed by atoms with E-state index >= 15 is 0 Å². The van der Waals surface area contributed by atoms with Gasteiger partial charge in [-0.05, 0) is 23.8 Å². The lowest BCUT2D eigenvalue weighted by Crippen LogP contribution is -2.45. The Morgan fingerprint density at radius 1 is 1.08 bits per heavy atom. The molecular weight excluding hydrogens is 334 g/mol. The zero-order valence-electron chi connectivity index (χ0n) is 14.0. The van der Waals surface area contributed by atoms with Crippen molar-refractivity contribution in [1.82, 2.24) is 25.0 Å². The van der Waals surface area contributed by atoms with E-state index in [9.17, 15) is 0 Å². The van der Waals surface area contributed by atoms with E-state index in [0.29, 0.717) is 6.04 Å². The Hall–Kier alpha value is -2.21. The van der Waals surface area contributed by atoms with Crippen LogP contribution in [-0.4, -0.2) is 39.3 Å². The lowest BCUT2D eigenvalue weighted by Gasteiger charge is -2.36. The molecule has 0 aliphatic carbocycles. The second-order valence-corrected chi connectivity index (χ2v) is 6.11. The van der Waals surface area contributed by atoms with Crippen LogP contribution in [0.5, 0.6) is 0 Å². The minimum absolute atomic E-state index is 0. The van der Waals surface area contributed by atoms with Gasteiger partial charge in [0.2, 0.25) is 0 Å². The van der Waals surface area contributed by atoms with Crippen molar-refractivity contribution in [2.75, 3.05) is 19.6 Å². The first-order valence-electron chi connectivity index (χ1n) is 8.34. The van der Waals surface area contributed by atoms with Gasteiger partial charge in [0.1, 0.15) is 0 Å². The molecule has 1 aliphatic heterocycles. The van der Waals surface area contributed by atoms with Gasteiger partial charge in [0.25, 0.3) is 0 Å². The first kappa shape index (κ1) is 17.6. The van der Waals surface area contributed by atoms with Gasteiger partial charge < -0.3 is 5.32 Å². The third-order valence-corrected chi connectivity index (χ3v) is 4.47. The van der Waals surface area contributed by atoms with Gasteiger partial charge in [-0.3, -0.25) is 9.88 Å². The van der Waals surface area contributed by atoms with Gasteiger partial charge >= 0.3 is 0 Å². The third kappa shape index (κ3) is 4.07. The predicted octanol–water partition coefficient (Wildman–Crippen LogP) is 2.84. The minimum atomic E-state index is 0.